The maximum atomic E-state index is 11.6. The highest BCUT2D eigenvalue weighted by Crippen LogP contribution is 2.11. The number of anilines is 1. The maximum absolute atomic E-state index is 11.6. The lowest BCUT2D eigenvalue weighted by Crippen LogP contribution is -2.27. The van der Waals surface area contributed by atoms with Crippen molar-refractivity contribution >= 4 is 17.6 Å². The molecular formula is C16H21N3O2. The summed E-state index contributed by atoms with van der Waals surface area (Å²) in [6.07, 6.45) is 6.79. The van der Waals surface area contributed by atoms with Crippen molar-refractivity contribution in [3.05, 3.63) is 54.1 Å². The van der Waals surface area contributed by atoms with Crippen LogP contribution < -0.4 is 10.6 Å². The molecule has 0 saturated carbocycles. The van der Waals surface area contributed by atoms with Gasteiger partial charge in [-0.05, 0) is 24.6 Å². The second kappa shape index (κ2) is 8.58. The van der Waals surface area contributed by atoms with Crippen LogP contribution in [-0.2, 0) is 11.3 Å². The van der Waals surface area contributed by atoms with Crippen molar-refractivity contribution < 1.29 is 9.59 Å². The van der Waals surface area contributed by atoms with Crippen LogP contribution in [0.2, 0.25) is 0 Å². The predicted molar refractivity (Wildman–Crippen MR) is 84.9 cm³/mol. The van der Waals surface area contributed by atoms with Gasteiger partial charge >= 0.3 is 6.03 Å². The van der Waals surface area contributed by atoms with Gasteiger partial charge in [0.1, 0.15) is 0 Å². The number of nitrogens with one attached hydrogen (secondary N) is 2. The van der Waals surface area contributed by atoms with Gasteiger partial charge in [0.15, 0.2) is 0 Å². The summed E-state index contributed by atoms with van der Waals surface area (Å²) >= 11 is 0. The first kappa shape index (κ1) is 16.5. The number of allylic oxidation sites excluding steroid dienone is 3. The molecule has 0 radical (unpaired) electrons. The first-order valence-electron chi connectivity index (χ1n) is 6.67. The molecule has 0 heterocycles. The van der Waals surface area contributed by atoms with Crippen LogP contribution in [0.4, 0.5) is 10.5 Å². The third-order valence-corrected chi connectivity index (χ3v) is 2.60. The van der Waals surface area contributed by atoms with E-state index >= 15 is 0 Å². The zero-order valence-corrected chi connectivity index (χ0v) is 12.6. The molecule has 21 heavy (non-hydrogen) atoms. The molecule has 5 nitrogen and oxygen atoms in total. The summed E-state index contributed by atoms with van der Waals surface area (Å²) in [6, 6.07) is 7.17. The summed E-state index contributed by atoms with van der Waals surface area (Å²) in [4.78, 5) is 24.6. The Hall–Kier alpha value is -2.56. The molecule has 0 atom stereocenters. The molecule has 0 aliphatic rings. The molecule has 0 bridgehead atoms. The molecule has 0 aromatic heterocycles. The Balaban J connectivity index is 2.57. The van der Waals surface area contributed by atoms with E-state index in [0.717, 1.165) is 5.56 Å². The Morgan fingerprint density at radius 1 is 1.24 bits per heavy atom. The van der Waals surface area contributed by atoms with E-state index in [0.29, 0.717) is 12.2 Å². The molecule has 0 aliphatic heterocycles. The molecule has 0 spiro atoms. The lowest BCUT2D eigenvalue weighted by Gasteiger charge is -2.12. The number of carbonyl (C=O) groups excluding carboxylic acids is 2. The fraction of sp³-hybridized carbons (Fsp3) is 0.250. The van der Waals surface area contributed by atoms with Crippen LogP contribution in [0.15, 0.2) is 48.6 Å². The fourth-order valence-corrected chi connectivity index (χ4v) is 1.50. The van der Waals surface area contributed by atoms with Crippen LogP contribution in [0.5, 0.6) is 0 Å². The van der Waals surface area contributed by atoms with Crippen molar-refractivity contribution in [1.29, 1.82) is 0 Å². The van der Waals surface area contributed by atoms with Crippen molar-refractivity contribution in [3.8, 4) is 0 Å². The number of hydrogen-bond acceptors (Lipinski definition) is 2. The van der Waals surface area contributed by atoms with Gasteiger partial charge in [0, 0.05) is 32.4 Å². The monoisotopic (exact) mass is 287 g/mol. The molecule has 5 heteroatoms. The Morgan fingerprint density at radius 2 is 2.00 bits per heavy atom. The average molecular weight is 287 g/mol. The van der Waals surface area contributed by atoms with E-state index in [1.807, 2.05) is 31.2 Å². The van der Waals surface area contributed by atoms with Crippen LogP contribution >= 0.6 is 0 Å². The number of amides is 3. The van der Waals surface area contributed by atoms with Crippen molar-refractivity contribution in [2.24, 2.45) is 0 Å². The average Bonchev–Trinajstić information content (AvgIpc) is 2.45. The van der Waals surface area contributed by atoms with Gasteiger partial charge in [-0.1, -0.05) is 30.4 Å². The smallest absolute Gasteiger partial charge is 0.321 e. The van der Waals surface area contributed by atoms with Gasteiger partial charge in [0.05, 0.1) is 0 Å². The quantitative estimate of drug-likeness (QED) is 0.646. The lowest BCUT2D eigenvalue weighted by molar-refractivity contribution is -0.116. The zero-order chi connectivity index (χ0) is 15.7. The number of rotatable bonds is 5. The fourth-order valence-electron chi connectivity index (χ4n) is 1.50. The molecule has 1 rings (SSSR count). The van der Waals surface area contributed by atoms with E-state index in [1.165, 1.54) is 11.0 Å². The summed E-state index contributed by atoms with van der Waals surface area (Å²) in [5, 5.41) is 5.54. The second-order valence-electron chi connectivity index (χ2n) is 4.63. The third-order valence-electron chi connectivity index (χ3n) is 2.60. The van der Waals surface area contributed by atoms with Crippen molar-refractivity contribution in [3.63, 3.8) is 0 Å². The topological polar surface area (TPSA) is 61.4 Å². The minimum absolute atomic E-state index is 0.157. The summed E-state index contributed by atoms with van der Waals surface area (Å²) in [5.41, 5.74) is 1.62. The highest BCUT2D eigenvalue weighted by atomic mass is 16.2. The SMILES string of the molecule is CC=CC=CC(=O)NCc1cccc(NC(=O)N(C)C)c1. The minimum Gasteiger partial charge on any atom is -0.348 e. The zero-order valence-electron chi connectivity index (χ0n) is 12.6. The first-order chi connectivity index (χ1) is 10.0. The summed E-state index contributed by atoms with van der Waals surface area (Å²) < 4.78 is 0. The van der Waals surface area contributed by atoms with E-state index in [2.05, 4.69) is 10.6 Å². The number of hydrogen-bond donors (Lipinski definition) is 2. The maximum Gasteiger partial charge on any atom is 0.321 e. The number of urea groups is 1. The standard InChI is InChI=1S/C16H21N3O2/c1-4-5-6-10-15(20)17-12-13-8-7-9-14(11-13)18-16(21)19(2)3/h4-11H,12H2,1-3H3,(H,17,20)(H,18,21). The molecule has 0 fully saturated rings. The van der Waals surface area contributed by atoms with E-state index in [-0.39, 0.29) is 11.9 Å². The molecule has 2 N–H and O–H groups in total. The van der Waals surface area contributed by atoms with Crippen molar-refractivity contribution in [1.82, 2.24) is 10.2 Å². The van der Waals surface area contributed by atoms with Crippen LogP contribution in [0, 0.1) is 0 Å². The van der Waals surface area contributed by atoms with Gasteiger partial charge in [-0.15, -0.1) is 0 Å². The number of nitrogens with zero attached hydrogens (tertiary/aromatic N) is 1. The van der Waals surface area contributed by atoms with E-state index in [4.69, 9.17) is 0 Å². The Labute approximate surface area is 125 Å². The van der Waals surface area contributed by atoms with Crippen molar-refractivity contribution in [2.75, 3.05) is 19.4 Å². The van der Waals surface area contributed by atoms with Crippen LogP contribution in [-0.4, -0.2) is 30.9 Å². The van der Waals surface area contributed by atoms with Gasteiger partial charge < -0.3 is 15.5 Å². The summed E-state index contributed by atoms with van der Waals surface area (Å²) in [5.74, 6) is -0.157. The number of carbonyl (C=O) groups is 2. The summed E-state index contributed by atoms with van der Waals surface area (Å²) in [7, 11) is 3.35. The predicted octanol–water partition coefficient (Wildman–Crippen LogP) is 2.53. The highest BCUT2D eigenvalue weighted by molar-refractivity contribution is 5.89. The molecule has 1 aromatic rings. The summed E-state index contributed by atoms with van der Waals surface area (Å²) in [6.45, 7) is 2.29. The minimum atomic E-state index is -0.189. The lowest BCUT2D eigenvalue weighted by atomic mass is 10.2. The second-order valence-corrected chi connectivity index (χ2v) is 4.63. The molecule has 0 saturated heterocycles. The first-order valence-corrected chi connectivity index (χ1v) is 6.67. The Bertz CT molecular complexity index is 548. The van der Waals surface area contributed by atoms with E-state index < -0.39 is 0 Å². The van der Waals surface area contributed by atoms with Gasteiger partial charge in [-0.3, -0.25) is 4.79 Å². The van der Waals surface area contributed by atoms with E-state index in [1.54, 1.807) is 32.3 Å². The van der Waals surface area contributed by atoms with Crippen molar-refractivity contribution in [2.45, 2.75) is 13.5 Å². The third kappa shape index (κ3) is 6.42. The van der Waals surface area contributed by atoms with Crippen LogP contribution in [0.3, 0.4) is 0 Å². The molecule has 1 aromatic carbocycles. The highest BCUT2D eigenvalue weighted by Gasteiger charge is 2.04. The van der Waals surface area contributed by atoms with Gasteiger partial charge in [-0.2, -0.15) is 0 Å². The Morgan fingerprint density at radius 3 is 2.67 bits per heavy atom. The molecule has 0 aliphatic carbocycles. The largest absolute Gasteiger partial charge is 0.348 e. The van der Waals surface area contributed by atoms with Crippen LogP contribution in [0.25, 0.3) is 0 Å². The van der Waals surface area contributed by atoms with Gasteiger partial charge in [0.2, 0.25) is 5.91 Å². The number of benzene rings is 1. The Kier molecular flexibility index (Phi) is 6.74. The van der Waals surface area contributed by atoms with Gasteiger partial charge in [-0.25, -0.2) is 4.79 Å². The molecule has 0 unspecified atom stereocenters. The normalized spacial score (nSPS) is 10.8. The molecule has 112 valence electrons. The van der Waals surface area contributed by atoms with Crippen LogP contribution in [0.1, 0.15) is 12.5 Å². The molecular weight excluding hydrogens is 266 g/mol. The van der Waals surface area contributed by atoms with Gasteiger partial charge in [0.25, 0.3) is 0 Å². The molecule has 3 amide bonds. The van der Waals surface area contributed by atoms with E-state index in [9.17, 15) is 9.59 Å².